The molecule has 174 valence electrons. The third-order valence-electron chi connectivity index (χ3n) is 4.45. The zero-order chi connectivity index (χ0) is 23.4. The fourth-order valence-corrected chi connectivity index (χ4v) is 2.76. The highest BCUT2D eigenvalue weighted by molar-refractivity contribution is 6.01. The van der Waals surface area contributed by atoms with Gasteiger partial charge in [-0.3, -0.25) is 19.2 Å². The highest BCUT2D eigenvalue weighted by Gasteiger charge is 2.32. The summed E-state index contributed by atoms with van der Waals surface area (Å²) >= 11 is 0. The predicted molar refractivity (Wildman–Crippen MR) is 108 cm³/mol. The van der Waals surface area contributed by atoms with Crippen LogP contribution in [-0.2, 0) is 28.8 Å². The maximum atomic E-state index is 12.3. The number of hydrogen-bond donors (Lipinski definition) is 4. The van der Waals surface area contributed by atoms with Gasteiger partial charge in [0, 0.05) is 38.8 Å². The fourth-order valence-electron chi connectivity index (χ4n) is 2.76. The van der Waals surface area contributed by atoms with Gasteiger partial charge < -0.3 is 26.5 Å². The first-order valence-electron chi connectivity index (χ1n) is 10.3. The first-order chi connectivity index (χ1) is 14.6. The Morgan fingerprint density at radius 2 is 1.55 bits per heavy atom. The molecule has 0 unspecified atom stereocenters. The zero-order valence-corrected chi connectivity index (χ0v) is 17.9. The molecule has 1 heterocycles. The molecule has 0 aromatic heterocycles. The number of carbonyl (C=O) groups excluding carboxylic acids is 6. The second kappa shape index (κ2) is 13.2. The van der Waals surface area contributed by atoms with Crippen LogP contribution in [0.25, 0.3) is 0 Å². The molecule has 0 saturated carbocycles. The molecular weight excluding hydrogens is 410 g/mol. The van der Waals surface area contributed by atoms with Crippen LogP contribution < -0.4 is 21.7 Å². The lowest BCUT2D eigenvalue weighted by molar-refractivity contribution is -0.197. The third kappa shape index (κ3) is 9.92. The minimum absolute atomic E-state index is 0.0113. The molecule has 6 amide bonds. The number of nitrogens with zero attached hydrogens (tertiary/aromatic N) is 1. The standard InChI is InChI=1S/C19H31N5O7/c1-12(2)17(18(29)21-10-3-4-11-22-19(20)30)23-13(25)6-5-7-16(28)31-24-14(26)8-9-15(24)27/h12,17H,3-11H2,1-2H3,(H,21,29)(H,23,25)(H3,20,22,30)/t17-/m0/s1. The molecule has 31 heavy (non-hydrogen) atoms. The Balaban J connectivity index is 2.30. The van der Waals surface area contributed by atoms with Gasteiger partial charge in [-0.2, -0.15) is 0 Å². The maximum absolute atomic E-state index is 12.3. The van der Waals surface area contributed by atoms with Crippen molar-refractivity contribution in [2.24, 2.45) is 11.7 Å². The second-order valence-electron chi connectivity index (χ2n) is 7.48. The molecular formula is C19H31N5O7. The summed E-state index contributed by atoms with van der Waals surface area (Å²) in [6.45, 7) is 4.39. The largest absolute Gasteiger partial charge is 0.354 e. The summed E-state index contributed by atoms with van der Waals surface area (Å²) in [5.74, 6) is -2.78. The van der Waals surface area contributed by atoms with E-state index in [-0.39, 0.29) is 43.9 Å². The van der Waals surface area contributed by atoms with Gasteiger partial charge in [0.05, 0.1) is 0 Å². The number of urea groups is 1. The second-order valence-corrected chi connectivity index (χ2v) is 7.48. The molecule has 1 fully saturated rings. The zero-order valence-electron chi connectivity index (χ0n) is 17.9. The Labute approximate surface area is 180 Å². The average Bonchev–Trinajstić information content (AvgIpc) is 3.00. The summed E-state index contributed by atoms with van der Waals surface area (Å²) in [6, 6.07) is -1.33. The summed E-state index contributed by atoms with van der Waals surface area (Å²) in [5, 5.41) is 8.30. The van der Waals surface area contributed by atoms with Crippen molar-refractivity contribution in [1.29, 1.82) is 0 Å². The minimum Gasteiger partial charge on any atom is -0.354 e. The molecule has 0 bridgehead atoms. The number of nitrogens with one attached hydrogen (secondary N) is 3. The number of unbranched alkanes of at least 4 members (excludes halogenated alkanes) is 1. The van der Waals surface area contributed by atoms with Crippen LogP contribution in [0.4, 0.5) is 4.79 Å². The van der Waals surface area contributed by atoms with Crippen LogP contribution in [0, 0.1) is 5.92 Å². The van der Waals surface area contributed by atoms with Gasteiger partial charge in [0.25, 0.3) is 11.8 Å². The van der Waals surface area contributed by atoms with Gasteiger partial charge in [-0.25, -0.2) is 9.59 Å². The van der Waals surface area contributed by atoms with Gasteiger partial charge in [-0.05, 0) is 25.2 Å². The molecule has 12 nitrogen and oxygen atoms in total. The van der Waals surface area contributed by atoms with Crippen molar-refractivity contribution in [2.75, 3.05) is 13.1 Å². The van der Waals surface area contributed by atoms with Crippen molar-refractivity contribution < 1.29 is 33.6 Å². The van der Waals surface area contributed by atoms with Crippen LogP contribution in [0.15, 0.2) is 0 Å². The highest BCUT2D eigenvalue weighted by atomic mass is 16.7. The lowest BCUT2D eigenvalue weighted by Gasteiger charge is -2.21. The molecule has 5 N–H and O–H groups in total. The van der Waals surface area contributed by atoms with Gasteiger partial charge in [0.15, 0.2) is 0 Å². The van der Waals surface area contributed by atoms with E-state index in [1.165, 1.54) is 0 Å². The summed E-state index contributed by atoms with van der Waals surface area (Å²) < 4.78 is 0. The number of nitrogens with two attached hydrogens (primary N) is 1. The monoisotopic (exact) mass is 441 g/mol. The molecule has 0 radical (unpaired) electrons. The number of carbonyl (C=O) groups is 6. The molecule has 1 atom stereocenters. The van der Waals surface area contributed by atoms with Crippen molar-refractivity contribution in [3.8, 4) is 0 Å². The van der Waals surface area contributed by atoms with Crippen LogP contribution in [0.3, 0.4) is 0 Å². The van der Waals surface area contributed by atoms with Crippen molar-refractivity contribution in [2.45, 2.75) is 64.8 Å². The van der Waals surface area contributed by atoms with Crippen molar-refractivity contribution >= 4 is 35.6 Å². The quantitative estimate of drug-likeness (QED) is 0.219. The molecule has 1 aliphatic heterocycles. The topological polar surface area (TPSA) is 177 Å². The maximum Gasteiger partial charge on any atom is 0.333 e. The lowest BCUT2D eigenvalue weighted by atomic mass is 10.0. The summed E-state index contributed by atoms with van der Waals surface area (Å²) in [4.78, 5) is 74.4. The first-order valence-corrected chi connectivity index (χ1v) is 10.3. The van der Waals surface area contributed by atoms with Crippen LogP contribution in [-0.4, -0.2) is 59.8 Å². The number of primary amides is 1. The van der Waals surface area contributed by atoms with Gasteiger partial charge in [-0.15, -0.1) is 5.06 Å². The van der Waals surface area contributed by atoms with E-state index in [0.29, 0.717) is 31.0 Å². The molecule has 0 spiro atoms. The Kier molecular flexibility index (Phi) is 11.0. The molecule has 12 heteroatoms. The van der Waals surface area contributed by atoms with E-state index in [2.05, 4.69) is 16.0 Å². The van der Waals surface area contributed by atoms with E-state index in [4.69, 9.17) is 10.6 Å². The van der Waals surface area contributed by atoms with E-state index < -0.39 is 35.8 Å². The van der Waals surface area contributed by atoms with Gasteiger partial charge in [0.2, 0.25) is 11.8 Å². The number of amides is 6. The van der Waals surface area contributed by atoms with E-state index in [1.54, 1.807) is 13.8 Å². The smallest absolute Gasteiger partial charge is 0.333 e. The molecule has 1 rings (SSSR count). The van der Waals surface area contributed by atoms with Crippen molar-refractivity contribution in [3.63, 3.8) is 0 Å². The number of hydrogen-bond acceptors (Lipinski definition) is 7. The van der Waals surface area contributed by atoms with Crippen LogP contribution in [0.2, 0.25) is 0 Å². The fraction of sp³-hybridized carbons (Fsp3) is 0.684. The van der Waals surface area contributed by atoms with E-state index in [9.17, 15) is 28.8 Å². The predicted octanol–water partition coefficient (Wildman–Crippen LogP) is -0.531. The molecule has 1 aliphatic rings. The summed E-state index contributed by atoms with van der Waals surface area (Å²) in [5.41, 5.74) is 4.96. The van der Waals surface area contributed by atoms with Crippen LogP contribution in [0.1, 0.15) is 58.8 Å². The van der Waals surface area contributed by atoms with E-state index in [0.717, 1.165) is 0 Å². The SMILES string of the molecule is CC(C)[C@H](NC(=O)CCCC(=O)ON1C(=O)CCC1=O)C(=O)NCCCCNC(N)=O. The summed E-state index contributed by atoms with van der Waals surface area (Å²) in [6.07, 6.45) is 1.27. The lowest BCUT2D eigenvalue weighted by Crippen LogP contribution is -2.49. The number of hydroxylamine groups is 2. The Bertz CT molecular complexity index is 679. The first kappa shape index (κ1) is 25.9. The van der Waals surface area contributed by atoms with Gasteiger partial charge in [-0.1, -0.05) is 13.8 Å². The van der Waals surface area contributed by atoms with Crippen LogP contribution >= 0.6 is 0 Å². The van der Waals surface area contributed by atoms with Gasteiger partial charge >= 0.3 is 12.0 Å². The Morgan fingerprint density at radius 3 is 2.10 bits per heavy atom. The van der Waals surface area contributed by atoms with E-state index >= 15 is 0 Å². The molecule has 0 aromatic carbocycles. The Hall–Kier alpha value is -3.18. The average molecular weight is 441 g/mol. The number of imide groups is 1. The third-order valence-corrected chi connectivity index (χ3v) is 4.45. The van der Waals surface area contributed by atoms with Crippen molar-refractivity contribution in [1.82, 2.24) is 21.0 Å². The molecule has 0 aliphatic carbocycles. The molecule has 0 aromatic rings. The number of rotatable bonds is 13. The minimum atomic E-state index is -0.777. The van der Waals surface area contributed by atoms with Gasteiger partial charge in [0.1, 0.15) is 6.04 Å². The normalized spacial score (nSPS) is 14.4. The highest BCUT2D eigenvalue weighted by Crippen LogP contribution is 2.13. The van der Waals surface area contributed by atoms with Crippen LogP contribution in [0.5, 0.6) is 0 Å². The molecule has 1 saturated heterocycles. The summed E-state index contributed by atoms with van der Waals surface area (Å²) in [7, 11) is 0. The van der Waals surface area contributed by atoms with E-state index in [1.807, 2.05) is 0 Å². The van der Waals surface area contributed by atoms with Crippen molar-refractivity contribution in [3.05, 3.63) is 0 Å². The Morgan fingerprint density at radius 1 is 0.968 bits per heavy atom.